The number of hydrogen-bond acceptors (Lipinski definition) is 3. The highest BCUT2D eigenvalue weighted by atomic mass is 79.9. The Morgan fingerprint density at radius 3 is 3.05 bits per heavy atom. The highest BCUT2D eigenvalue weighted by molar-refractivity contribution is 9.10. The van der Waals surface area contributed by atoms with E-state index >= 15 is 0 Å². The maximum Gasteiger partial charge on any atom is 0.239 e. The summed E-state index contributed by atoms with van der Waals surface area (Å²) >= 11 is 4.94. The van der Waals surface area contributed by atoms with Crippen molar-refractivity contribution in [2.24, 2.45) is 0 Å². The van der Waals surface area contributed by atoms with Crippen molar-refractivity contribution in [1.82, 2.24) is 4.98 Å². The van der Waals surface area contributed by atoms with Gasteiger partial charge < -0.3 is 5.32 Å². The molecule has 1 N–H and O–H groups in total. The van der Waals surface area contributed by atoms with E-state index in [1.54, 1.807) is 0 Å². The number of carbonyl (C=O) groups is 1. The summed E-state index contributed by atoms with van der Waals surface area (Å²) in [6.07, 6.45) is 2.99. The molecular formula is C14H17BrN2OS. The van der Waals surface area contributed by atoms with Gasteiger partial charge in [-0.3, -0.25) is 4.79 Å². The zero-order chi connectivity index (χ0) is 13.8. The molecule has 1 aromatic heterocycles. The van der Waals surface area contributed by atoms with Crippen molar-refractivity contribution >= 4 is 48.5 Å². The Labute approximate surface area is 125 Å². The fourth-order valence-corrected chi connectivity index (χ4v) is 3.19. The standard InChI is InChI=1S/C14H17BrN2OS/c1-3-4-5-10(15)13(18)17-14-16-11-7-6-9(2)8-12(11)19-14/h6-8,10H,3-5H2,1-2H3,(H,16,17,18)/t10-/m0/s1. The molecule has 3 nitrogen and oxygen atoms in total. The minimum Gasteiger partial charge on any atom is -0.301 e. The number of aryl methyl sites for hydroxylation is 1. The summed E-state index contributed by atoms with van der Waals surface area (Å²) in [6, 6.07) is 6.10. The quantitative estimate of drug-likeness (QED) is 0.814. The number of amides is 1. The number of benzene rings is 1. The van der Waals surface area contributed by atoms with Crippen molar-refractivity contribution in [3.05, 3.63) is 23.8 Å². The molecule has 1 heterocycles. The molecule has 0 bridgehead atoms. The number of rotatable bonds is 5. The van der Waals surface area contributed by atoms with Crippen LogP contribution in [0.1, 0.15) is 31.7 Å². The predicted octanol–water partition coefficient (Wildman–Crippen LogP) is 4.50. The molecule has 2 rings (SSSR count). The fourth-order valence-electron chi connectivity index (χ4n) is 1.78. The van der Waals surface area contributed by atoms with Gasteiger partial charge in [-0.15, -0.1) is 0 Å². The van der Waals surface area contributed by atoms with Crippen LogP contribution in [0.3, 0.4) is 0 Å². The third-order valence-corrected chi connectivity index (χ3v) is 4.68. The normalized spacial score (nSPS) is 12.6. The number of anilines is 1. The lowest BCUT2D eigenvalue weighted by molar-refractivity contribution is -0.115. The minimum absolute atomic E-state index is 0.00997. The lowest BCUT2D eigenvalue weighted by Gasteiger charge is -2.07. The van der Waals surface area contributed by atoms with Crippen molar-refractivity contribution in [1.29, 1.82) is 0 Å². The third-order valence-electron chi connectivity index (χ3n) is 2.87. The Morgan fingerprint density at radius 1 is 1.53 bits per heavy atom. The van der Waals surface area contributed by atoms with Crippen molar-refractivity contribution in [3.63, 3.8) is 0 Å². The highest BCUT2D eigenvalue weighted by Gasteiger charge is 2.16. The molecule has 0 saturated carbocycles. The van der Waals surface area contributed by atoms with E-state index in [1.807, 2.05) is 12.1 Å². The molecule has 0 radical (unpaired) electrons. The molecule has 0 saturated heterocycles. The van der Waals surface area contributed by atoms with Gasteiger partial charge in [0.1, 0.15) is 0 Å². The number of aromatic nitrogens is 1. The van der Waals surface area contributed by atoms with Crippen LogP contribution in [0.15, 0.2) is 18.2 Å². The highest BCUT2D eigenvalue weighted by Crippen LogP contribution is 2.27. The van der Waals surface area contributed by atoms with Crippen LogP contribution in [-0.4, -0.2) is 15.7 Å². The van der Waals surface area contributed by atoms with Crippen LogP contribution in [-0.2, 0) is 4.79 Å². The first-order valence-electron chi connectivity index (χ1n) is 6.42. The number of unbranched alkanes of at least 4 members (excludes halogenated alkanes) is 1. The molecule has 0 fully saturated rings. The Kier molecular flexibility index (Phi) is 4.93. The molecule has 0 aliphatic rings. The largest absolute Gasteiger partial charge is 0.301 e. The van der Waals surface area contributed by atoms with Crippen LogP contribution in [0.2, 0.25) is 0 Å². The molecule has 102 valence electrons. The Morgan fingerprint density at radius 2 is 2.32 bits per heavy atom. The molecule has 1 amide bonds. The fraction of sp³-hybridized carbons (Fsp3) is 0.429. The Balaban J connectivity index is 2.06. The second-order valence-electron chi connectivity index (χ2n) is 4.59. The van der Waals surface area contributed by atoms with E-state index in [9.17, 15) is 4.79 Å². The maximum atomic E-state index is 12.0. The average Bonchev–Trinajstić information content (AvgIpc) is 2.77. The van der Waals surface area contributed by atoms with E-state index in [0.29, 0.717) is 5.13 Å². The van der Waals surface area contributed by atoms with E-state index < -0.39 is 0 Å². The van der Waals surface area contributed by atoms with Crippen LogP contribution in [0.25, 0.3) is 10.2 Å². The molecular weight excluding hydrogens is 324 g/mol. The summed E-state index contributed by atoms with van der Waals surface area (Å²) in [5.41, 5.74) is 2.14. The molecule has 19 heavy (non-hydrogen) atoms. The molecule has 1 atom stereocenters. The second kappa shape index (κ2) is 6.48. The van der Waals surface area contributed by atoms with Gasteiger partial charge >= 0.3 is 0 Å². The summed E-state index contributed by atoms with van der Waals surface area (Å²) < 4.78 is 1.11. The Bertz CT molecular complexity index is 582. The van der Waals surface area contributed by atoms with Crippen molar-refractivity contribution in [3.8, 4) is 0 Å². The topological polar surface area (TPSA) is 42.0 Å². The number of hydrogen-bond donors (Lipinski definition) is 1. The van der Waals surface area contributed by atoms with Crippen molar-refractivity contribution in [2.45, 2.75) is 37.9 Å². The van der Waals surface area contributed by atoms with Crippen LogP contribution >= 0.6 is 27.3 Å². The number of carbonyl (C=O) groups excluding carboxylic acids is 1. The van der Waals surface area contributed by atoms with E-state index in [4.69, 9.17) is 0 Å². The summed E-state index contributed by atoms with van der Waals surface area (Å²) in [6.45, 7) is 4.17. The van der Waals surface area contributed by atoms with E-state index in [1.165, 1.54) is 16.9 Å². The molecule has 0 aliphatic heterocycles. The minimum atomic E-state index is -0.138. The smallest absolute Gasteiger partial charge is 0.239 e. The molecule has 5 heteroatoms. The number of nitrogens with one attached hydrogen (secondary N) is 1. The average molecular weight is 341 g/mol. The Hall–Kier alpha value is -0.940. The number of thiazole rings is 1. The molecule has 1 aromatic carbocycles. The maximum absolute atomic E-state index is 12.0. The summed E-state index contributed by atoms with van der Waals surface area (Å²) in [5, 5.41) is 3.55. The van der Waals surface area contributed by atoms with Gasteiger partial charge in [0.2, 0.25) is 5.91 Å². The van der Waals surface area contributed by atoms with Crippen LogP contribution in [0, 0.1) is 6.92 Å². The van der Waals surface area contributed by atoms with Crippen LogP contribution in [0.4, 0.5) is 5.13 Å². The second-order valence-corrected chi connectivity index (χ2v) is 6.73. The van der Waals surface area contributed by atoms with Crippen LogP contribution in [0.5, 0.6) is 0 Å². The first-order valence-corrected chi connectivity index (χ1v) is 8.15. The molecule has 0 spiro atoms. The monoisotopic (exact) mass is 340 g/mol. The molecule has 0 unspecified atom stereocenters. The van der Waals surface area contributed by atoms with Gasteiger partial charge in [-0.25, -0.2) is 4.98 Å². The van der Waals surface area contributed by atoms with E-state index in [2.05, 4.69) is 46.1 Å². The molecule has 0 aliphatic carbocycles. The van der Waals surface area contributed by atoms with E-state index in [0.717, 1.165) is 29.5 Å². The van der Waals surface area contributed by atoms with Gasteiger partial charge in [-0.1, -0.05) is 53.1 Å². The predicted molar refractivity (Wildman–Crippen MR) is 85.2 cm³/mol. The molecule has 2 aromatic rings. The summed E-state index contributed by atoms with van der Waals surface area (Å²) in [7, 11) is 0. The van der Waals surface area contributed by atoms with Crippen molar-refractivity contribution < 1.29 is 4.79 Å². The van der Waals surface area contributed by atoms with Gasteiger partial charge in [0.25, 0.3) is 0 Å². The lowest BCUT2D eigenvalue weighted by Crippen LogP contribution is -2.22. The lowest BCUT2D eigenvalue weighted by atomic mass is 10.2. The van der Waals surface area contributed by atoms with E-state index in [-0.39, 0.29) is 10.7 Å². The third kappa shape index (κ3) is 3.76. The number of halogens is 1. The SMILES string of the molecule is CCCC[C@H](Br)C(=O)Nc1nc2ccc(C)cc2s1. The van der Waals surface area contributed by atoms with Gasteiger partial charge in [-0.2, -0.15) is 0 Å². The van der Waals surface area contributed by atoms with Crippen LogP contribution < -0.4 is 5.32 Å². The first kappa shape index (κ1) is 14.5. The zero-order valence-corrected chi connectivity index (χ0v) is 13.5. The van der Waals surface area contributed by atoms with Gasteiger partial charge in [0.05, 0.1) is 15.0 Å². The van der Waals surface area contributed by atoms with Gasteiger partial charge in [-0.05, 0) is 31.0 Å². The summed E-state index contributed by atoms with van der Waals surface area (Å²) in [5.74, 6) is -0.00997. The number of alkyl halides is 1. The summed E-state index contributed by atoms with van der Waals surface area (Å²) in [4.78, 5) is 16.3. The zero-order valence-electron chi connectivity index (χ0n) is 11.1. The van der Waals surface area contributed by atoms with Crippen molar-refractivity contribution in [2.75, 3.05) is 5.32 Å². The number of fused-ring (bicyclic) bond motifs is 1. The first-order chi connectivity index (χ1) is 9.10. The van der Waals surface area contributed by atoms with Gasteiger partial charge in [0, 0.05) is 0 Å². The number of nitrogens with zero attached hydrogens (tertiary/aromatic N) is 1. The van der Waals surface area contributed by atoms with Gasteiger partial charge in [0.15, 0.2) is 5.13 Å².